The Hall–Kier alpha value is -3.19. The van der Waals surface area contributed by atoms with Crippen LogP contribution in [0.1, 0.15) is 70.3 Å². The Balaban J connectivity index is 1.92. The second kappa shape index (κ2) is 13.9. The van der Waals surface area contributed by atoms with E-state index in [1.54, 1.807) is 7.05 Å². The Morgan fingerprint density at radius 3 is 2.43 bits per heavy atom. The number of benzene rings is 2. The number of nitrogens with one attached hydrogen (secondary N) is 2. The predicted octanol–water partition coefficient (Wildman–Crippen LogP) is 4.99. The second-order valence-corrected chi connectivity index (χ2v) is 10.1. The van der Waals surface area contributed by atoms with Gasteiger partial charge in [0, 0.05) is 19.5 Å². The maximum Gasteiger partial charge on any atom is 0.306 e. The molecule has 1 heterocycles. The van der Waals surface area contributed by atoms with E-state index in [4.69, 9.17) is 0 Å². The van der Waals surface area contributed by atoms with Gasteiger partial charge in [0.15, 0.2) is 0 Å². The SMILES string of the molecule is CCCC[C@@H](C[C@@H](CC(C)c1ccccc1-c1ccccc1)C(=O)N1NCCC[C@H]1C(=O)NC)C(=O)O. The topological polar surface area (TPSA) is 98.7 Å². The van der Waals surface area contributed by atoms with Crippen LogP contribution in [0.25, 0.3) is 11.1 Å². The summed E-state index contributed by atoms with van der Waals surface area (Å²) in [7, 11) is 1.57. The summed E-state index contributed by atoms with van der Waals surface area (Å²) in [5.74, 6) is -2.39. The van der Waals surface area contributed by atoms with Crippen LogP contribution in [0.2, 0.25) is 0 Å². The van der Waals surface area contributed by atoms with Crippen LogP contribution in [0.15, 0.2) is 54.6 Å². The molecule has 4 atom stereocenters. The van der Waals surface area contributed by atoms with Crippen molar-refractivity contribution in [2.45, 2.75) is 70.8 Å². The van der Waals surface area contributed by atoms with Gasteiger partial charge in [-0.15, -0.1) is 0 Å². The van der Waals surface area contributed by atoms with Crippen LogP contribution in [0, 0.1) is 11.8 Å². The van der Waals surface area contributed by atoms with Crippen molar-refractivity contribution in [1.82, 2.24) is 15.8 Å². The number of rotatable bonds is 12. The van der Waals surface area contributed by atoms with Crippen LogP contribution in [-0.4, -0.2) is 47.5 Å². The molecule has 1 unspecified atom stereocenters. The lowest BCUT2D eigenvalue weighted by atomic mass is 9.80. The van der Waals surface area contributed by atoms with E-state index in [0.29, 0.717) is 25.8 Å². The minimum atomic E-state index is -0.863. The average Bonchev–Trinajstić information content (AvgIpc) is 2.94. The van der Waals surface area contributed by atoms with Gasteiger partial charge in [0.2, 0.25) is 11.8 Å². The molecule has 0 saturated carbocycles. The Kier molecular flexibility index (Phi) is 10.7. The number of hydrogen-bond donors (Lipinski definition) is 3. The van der Waals surface area contributed by atoms with Gasteiger partial charge in [-0.2, -0.15) is 0 Å². The molecule has 1 aliphatic rings. The van der Waals surface area contributed by atoms with Crippen molar-refractivity contribution in [2.75, 3.05) is 13.6 Å². The fraction of sp³-hybridized carbons (Fsp3) is 0.500. The van der Waals surface area contributed by atoms with E-state index >= 15 is 0 Å². The van der Waals surface area contributed by atoms with Crippen LogP contribution < -0.4 is 10.7 Å². The summed E-state index contributed by atoms with van der Waals surface area (Å²) < 4.78 is 0. The number of hydrogen-bond acceptors (Lipinski definition) is 4. The average molecular weight is 508 g/mol. The van der Waals surface area contributed by atoms with Gasteiger partial charge in [0.05, 0.1) is 5.92 Å². The molecule has 200 valence electrons. The van der Waals surface area contributed by atoms with E-state index in [-0.39, 0.29) is 24.2 Å². The Labute approximate surface area is 220 Å². The van der Waals surface area contributed by atoms with Crippen LogP contribution >= 0.6 is 0 Å². The summed E-state index contributed by atoms with van der Waals surface area (Å²) in [5.41, 5.74) is 6.48. The highest BCUT2D eigenvalue weighted by Gasteiger charge is 2.38. The summed E-state index contributed by atoms with van der Waals surface area (Å²) in [6.07, 6.45) is 4.36. The normalized spacial score (nSPS) is 18.0. The smallest absolute Gasteiger partial charge is 0.306 e. The molecule has 0 bridgehead atoms. The van der Waals surface area contributed by atoms with Gasteiger partial charge < -0.3 is 10.4 Å². The number of carbonyl (C=O) groups is 3. The van der Waals surface area contributed by atoms with E-state index in [9.17, 15) is 19.5 Å². The third kappa shape index (κ3) is 7.41. The van der Waals surface area contributed by atoms with Crippen molar-refractivity contribution in [3.8, 4) is 11.1 Å². The highest BCUT2D eigenvalue weighted by molar-refractivity contribution is 5.88. The molecule has 0 aromatic heterocycles. The Morgan fingerprint density at radius 1 is 1.05 bits per heavy atom. The van der Waals surface area contributed by atoms with Gasteiger partial charge in [-0.05, 0) is 54.7 Å². The highest BCUT2D eigenvalue weighted by atomic mass is 16.4. The van der Waals surface area contributed by atoms with Crippen molar-refractivity contribution in [3.05, 3.63) is 60.2 Å². The van der Waals surface area contributed by atoms with Gasteiger partial charge in [-0.3, -0.25) is 19.4 Å². The summed E-state index contributed by atoms with van der Waals surface area (Å²) in [6, 6.07) is 17.8. The van der Waals surface area contributed by atoms with E-state index in [2.05, 4.69) is 41.9 Å². The fourth-order valence-electron chi connectivity index (χ4n) is 5.37. The quantitative estimate of drug-likeness (QED) is 0.376. The van der Waals surface area contributed by atoms with Crippen molar-refractivity contribution in [1.29, 1.82) is 0 Å². The first kappa shape index (κ1) is 28.4. The molecule has 1 aliphatic heterocycles. The van der Waals surface area contributed by atoms with E-state index in [1.807, 2.05) is 37.3 Å². The number of nitrogens with zero attached hydrogens (tertiary/aromatic N) is 1. The zero-order valence-corrected chi connectivity index (χ0v) is 22.3. The van der Waals surface area contributed by atoms with Crippen molar-refractivity contribution in [3.63, 3.8) is 0 Å². The number of carboxylic acids is 1. The lowest BCUT2D eigenvalue weighted by Crippen LogP contribution is -2.59. The van der Waals surface area contributed by atoms with Gasteiger partial charge in [0.1, 0.15) is 6.04 Å². The number of hydrazine groups is 1. The third-order valence-electron chi connectivity index (χ3n) is 7.42. The molecule has 0 aliphatic carbocycles. The number of likely N-dealkylation sites (N-methyl/N-ethyl adjacent to an activating group) is 1. The molecule has 7 nitrogen and oxygen atoms in total. The van der Waals surface area contributed by atoms with E-state index in [0.717, 1.165) is 36.0 Å². The van der Waals surface area contributed by atoms with Crippen molar-refractivity contribution in [2.24, 2.45) is 11.8 Å². The highest BCUT2D eigenvalue weighted by Crippen LogP contribution is 2.35. The van der Waals surface area contributed by atoms with Gasteiger partial charge in [-0.1, -0.05) is 81.3 Å². The number of unbranched alkanes of at least 4 members (excludes halogenated alkanes) is 1. The maximum absolute atomic E-state index is 14.0. The minimum absolute atomic E-state index is 0.00854. The maximum atomic E-state index is 14.0. The largest absolute Gasteiger partial charge is 0.481 e. The Bertz CT molecular complexity index is 1040. The first-order valence-electron chi connectivity index (χ1n) is 13.5. The Morgan fingerprint density at radius 2 is 1.76 bits per heavy atom. The van der Waals surface area contributed by atoms with Crippen LogP contribution in [-0.2, 0) is 14.4 Å². The molecule has 0 radical (unpaired) electrons. The zero-order valence-electron chi connectivity index (χ0n) is 22.3. The molecular formula is C30H41N3O4. The summed E-state index contributed by atoms with van der Waals surface area (Å²) in [6.45, 7) is 4.75. The summed E-state index contributed by atoms with van der Waals surface area (Å²) >= 11 is 0. The molecule has 2 amide bonds. The first-order chi connectivity index (χ1) is 17.9. The number of carbonyl (C=O) groups excluding carboxylic acids is 2. The third-order valence-corrected chi connectivity index (χ3v) is 7.42. The zero-order chi connectivity index (χ0) is 26.8. The minimum Gasteiger partial charge on any atom is -0.481 e. The lowest BCUT2D eigenvalue weighted by molar-refractivity contribution is -0.152. The molecule has 1 saturated heterocycles. The van der Waals surface area contributed by atoms with Crippen molar-refractivity contribution < 1.29 is 19.5 Å². The molecule has 37 heavy (non-hydrogen) atoms. The van der Waals surface area contributed by atoms with Crippen LogP contribution in [0.4, 0.5) is 0 Å². The van der Waals surface area contributed by atoms with Crippen LogP contribution in [0.5, 0.6) is 0 Å². The van der Waals surface area contributed by atoms with Gasteiger partial charge >= 0.3 is 5.97 Å². The molecular weight excluding hydrogens is 466 g/mol. The van der Waals surface area contributed by atoms with Crippen LogP contribution in [0.3, 0.4) is 0 Å². The monoisotopic (exact) mass is 507 g/mol. The van der Waals surface area contributed by atoms with E-state index in [1.165, 1.54) is 5.01 Å². The van der Waals surface area contributed by atoms with Gasteiger partial charge in [0.25, 0.3) is 0 Å². The molecule has 7 heteroatoms. The van der Waals surface area contributed by atoms with E-state index < -0.39 is 23.8 Å². The fourth-order valence-corrected chi connectivity index (χ4v) is 5.37. The number of amides is 2. The summed E-state index contributed by atoms with van der Waals surface area (Å²) in [5, 5.41) is 14.1. The van der Waals surface area contributed by atoms with Gasteiger partial charge in [-0.25, -0.2) is 5.43 Å². The standard InChI is InChI=1S/C30H41N3O4/c1-4-5-12-23(30(36)37)20-24(29(35)33-27(28(34)31-3)17-11-18-32-33)19-21(2)25-15-9-10-16-26(25)22-13-7-6-8-14-22/h6-10,13-16,21,23-24,27,32H,4-5,11-12,17-20H2,1-3H3,(H,31,34)(H,36,37)/t21?,23-,24+,27-/m0/s1. The molecule has 0 spiro atoms. The lowest BCUT2D eigenvalue weighted by Gasteiger charge is -2.38. The second-order valence-electron chi connectivity index (χ2n) is 10.1. The predicted molar refractivity (Wildman–Crippen MR) is 146 cm³/mol. The summed E-state index contributed by atoms with van der Waals surface area (Å²) in [4.78, 5) is 38.7. The molecule has 3 N–H and O–H groups in total. The molecule has 2 aromatic rings. The number of carboxylic acid groups (broad SMARTS) is 1. The van der Waals surface area contributed by atoms with Crippen molar-refractivity contribution >= 4 is 17.8 Å². The molecule has 2 aromatic carbocycles. The number of aliphatic carboxylic acids is 1. The first-order valence-corrected chi connectivity index (χ1v) is 13.5. The molecule has 3 rings (SSSR count). The molecule has 1 fully saturated rings.